The lowest BCUT2D eigenvalue weighted by molar-refractivity contribution is -0.145. The van der Waals surface area contributed by atoms with Crippen LogP contribution in [0.4, 0.5) is 5.69 Å². The lowest BCUT2D eigenvalue weighted by Gasteiger charge is -2.19. The summed E-state index contributed by atoms with van der Waals surface area (Å²) in [6, 6.07) is 24.9. The van der Waals surface area contributed by atoms with E-state index in [-0.39, 0.29) is 43.3 Å². The molecule has 0 bridgehead atoms. The molecule has 0 saturated heterocycles. The number of anilines is 1. The summed E-state index contributed by atoms with van der Waals surface area (Å²) in [5, 5.41) is 36.5. The van der Waals surface area contributed by atoms with Crippen molar-refractivity contribution in [2.75, 3.05) is 11.9 Å². The van der Waals surface area contributed by atoms with Crippen molar-refractivity contribution in [3.63, 3.8) is 0 Å². The van der Waals surface area contributed by atoms with E-state index in [9.17, 15) is 24.9 Å². The van der Waals surface area contributed by atoms with Gasteiger partial charge in [0.15, 0.2) is 0 Å². The van der Waals surface area contributed by atoms with Crippen LogP contribution in [-0.4, -0.2) is 57.0 Å². The third kappa shape index (κ3) is 11.2. The minimum atomic E-state index is -0.650. The van der Waals surface area contributed by atoms with Crippen LogP contribution in [0.15, 0.2) is 116 Å². The number of carbonyl (C=O) groups excluding carboxylic acids is 2. The lowest BCUT2D eigenvalue weighted by atomic mass is 9.89. The molecule has 1 heterocycles. The van der Waals surface area contributed by atoms with E-state index in [4.69, 9.17) is 10.5 Å². The second-order valence-corrected chi connectivity index (χ2v) is 13.3. The quantitative estimate of drug-likeness (QED) is 0.0515. The third-order valence-electron chi connectivity index (χ3n) is 9.61. The smallest absolute Gasteiger partial charge is 0.306 e. The van der Waals surface area contributed by atoms with Crippen molar-refractivity contribution in [1.82, 2.24) is 4.98 Å². The number of amides is 1. The van der Waals surface area contributed by atoms with Gasteiger partial charge < -0.3 is 31.1 Å². The number of allylic oxidation sites excluding steroid dienone is 2. The Labute approximate surface area is 299 Å². The molecule has 1 aliphatic rings. The number of esters is 1. The minimum absolute atomic E-state index is 0.137. The Morgan fingerprint density at radius 1 is 0.961 bits per heavy atom. The molecule has 1 unspecified atom stereocenters. The van der Waals surface area contributed by atoms with Crippen LogP contribution in [0.1, 0.15) is 61.1 Å². The van der Waals surface area contributed by atoms with E-state index in [1.807, 2.05) is 97.1 Å². The Bertz CT molecular complexity index is 1760. The summed E-state index contributed by atoms with van der Waals surface area (Å²) in [7, 11) is 0. The van der Waals surface area contributed by atoms with Gasteiger partial charge in [0, 0.05) is 48.8 Å². The molecule has 5 rings (SSSR count). The molecule has 6 N–H and O–H groups in total. The highest BCUT2D eigenvalue weighted by Gasteiger charge is 2.39. The molecule has 1 aliphatic carbocycles. The number of nitrogens with one attached hydrogen (secondary N) is 1. The molecule has 268 valence electrons. The van der Waals surface area contributed by atoms with Crippen molar-refractivity contribution >= 4 is 28.3 Å². The van der Waals surface area contributed by atoms with Crippen molar-refractivity contribution in [3.05, 3.63) is 132 Å². The van der Waals surface area contributed by atoms with Crippen LogP contribution in [0.2, 0.25) is 0 Å². The SMILES string of the molecule is NCC(C(=O)Nc1ccc2cnccc2c1)c1ccc(COC(=O)CCC/C=C\C[C@@H]2[C@@H](/C=C/[C@H](O)CCc3ccccc3)[C@H](O)C[C@@H]2O)cc1. The first-order valence-electron chi connectivity index (χ1n) is 17.8. The van der Waals surface area contributed by atoms with Gasteiger partial charge in [-0.3, -0.25) is 14.6 Å². The first-order valence-corrected chi connectivity index (χ1v) is 17.8. The first-order chi connectivity index (χ1) is 24.8. The van der Waals surface area contributed by atoms with Crippen molar-refractivity contribution in [1.29, 1.82) is 0 Å². The zero-order valence-corrected chi connectivity index (χ0v) is 28.9. The molecule has 1 saturated carbocycles. The molecular weight excluding hydrogens is 642 g/mol. The van der Waals surface area contributed by atoms with Gasteiger partial charge in [-0.1, -0.05) is 85.0 Å². The fraction of sp³-hybridized carbons (Fsp3) is 0.357. The van der Waals surface area contributed by atoms with Gasteiger partial charge in [-0.2, -0.15) is 0 Å². The van der Waals surface area contributed by atoms with Crippen molar-refractivity contribution in [2.24, 2.45) is 17.6 Å². The summed E-state index contributed by atoms with van der Waals surface area (Å²) in [5.41, 5.74) is 9.43. The van der Waals surface area contributed by atoms with Crippen LogP contribution in [0.5, 0.6) is 0 Å². The Kier molecular flexibility index (Phi) is 14.1. The maximum Gasteiger partial charge on any atom is 0.306 e. The lowest BCUT2D eigenvalue weighted by Crippen LogP contribution is -2.27. The molecule has 9 heteroatoms. The van der Waals surface area contributed by atoms with E-state index in [1.165, 1.54) is 5.56 Å². The van der Waals surface area contributed by atoms with Gasteiger partial charge in [0.05, 0.1) is 24.2 Å². The molecule has 51 heavy (non-hydrogen) atoms. The van der Waals surface area contributed by atoms with E-state index < -0.39 is 24.2 Å². The highest BCUT2D eigenvalue weighted by atomic mass is 16.5. The Morgan fingerprint density at radius 3 is 2.55 bits per heavy atom. The van der Waals surface area contributed by atoms with Crippen LogP contribution < -0.4 is 11.1 Å². The molecule has 0 radical (unpaired) electrons. The highest BCUT2D eigenvalue weighted by molar-refractivity contribution is 5.98. The van der Waals surface area contributed by atoms with E-state index >= 15 is 0 Å². The van der Waals surface area contributed by atoms with Crippen molar-refractivity contribution < 1.29 is 29.6 Å². The zero-order chi connectivity index (χ0) is 36.0. The molecule has 0 aliphatic heterocycles. The van der Waals surface area contributed by atoms with E-state index in [2.05, 4.69) is 10.3 Å². The fourth-order valence-corrected chi connectivity index (χ4v) is 6.62. The third-order valence-corrected chi connectivity index (χ3v) is 9.61. The zero-order valence-electron chi connectivity index (χ0n) is 28.9. The minimum Gasteiger partial charge on any atom is -0.461 e. The van der Waals surface area contributed by atoms with Crippen molar-refractivity contribution in [2.45, 2.75) is 75.8 Å². The van der Waals surface area contributed by atoms with E-state index in [1.54, 1.807) is 18.5 Å². The number of pyridine rings is 1. The van der Waals surface area contributed by atoms with Gasteiger partial charge in [0.1, 0.15) is 6.61 Å². The monoisotopic (exact) mass is 691 g/mol. The number of aryl methyl sites for hydroxylation is 1. The molecular formula is C42H49N3O6. The number of carbonyl (C=O) groups is 2. The second-order valence-electron chi connectivity index (χ2n) is 13.3. The number of ether oxygens (including phenoxy) is 1. The fourth-order valence-electron chi connectivity index (χ4n) is 6.62. The van der Waals surface area contributed by atoms with Gasteiger partial charge in [0.2, 0.25) is 5.91 Å². The molecule has 9 nitrogen and oxygen atoms in total. The average molecular weight is 692 g/mol. The van der Waals surface area contributed by atoms with Crippen LogP contribution in [0, 0.1) is 11.8 Å². The number of hydrogen-bond acceptors (Lipinski definition) is 8. The summed E-state index contributed by atoms with van der Waals surface area (Å²) in [6.45, 7) is 0.283. The van der Waals surface area contributed by atoms with Gasteiger partial charge in [-0.15, -0.1) is 0 Å². The van der Waals surface area contributed by atoms with Crippen LogP contribution >= 0.6 is 0 Å². The standard InChI is InChI=1S/C42H49N3O6/c43-26-38(42(50)45-34-18-17-33-27-44-23-22-32(33)24-34)31-15-12-30(13-16-31)28-51-41(49)11-7-2-1-6-10-36-37(40(48)25-39(36)47)21-20-35(46)19-14-29-8-4-3-5-9-29/h1,3-6,8-9,12-13,15-18,20-24,27,35-40,46-48H,2,7,10-11,14,19,25-26,28,43H2,(H,45,50)/b6-1-,21-20+/t35-,36-,37-,38?,39+,40-/m1/s1. The summed E-state index contributed by atoms with van der Waals surface area (Å²) >= 11 is 0. The summed E-state index contributed by atoms with van der Waals surface area (Å²) in [5.74, 6) is -1.38. The van der Waals surface area contributed by atoms with Gasteiger partial charge in [-0.05, 0) is 78.3 Å². The number of benzene rings is 3. The number of unbranched alkanes of at least 4 members (excludes halogenated alkanes) is 1. The summed E-state index contributed by atoms with van der Waals surface area (Å²) < 4.78 is 5.47. The number of nitrogens with two attached hydrogens (primary N) is 1. The number of aliphatic hydroxyl groups excluding tert-OH is 3. The number of hydrogen-bond donors (Lipinski definition) is 5. The number of aliphatic hydroxyl groups is 3. The van der Waals surface area contributed by atoms with Crippen LogP contribution in [-0.2, 0) is 27.4 Å². The van der Waals surface area contributed by atoms with Gasteiger partial charge >= 0.3 is 5.97 Å². The van der Waals surface area contributed by atoms with E-state index in [0.717, 1.165) is 28.3 Å². The molecule has 6 atom stereocenters. The highest BCUT2D eigenvalue weighted by Crippen LogP contribution is 2.36. The normalized spacial score (nSPS) is 20.2. The summed E-state index contributed by atoms with van der Waals surface area (Å²) in [6.07, 6.45) is 13.1. The van der Waals surface area contributed by atoms with Gasteiger partial charge in [-0.25, -0.2) is 0 Å². The topological polar surface area (TPSA) is 155 Å². The molecule has 1 aromatic heterocycles. The van der Waals surface area contributed by atoms with E-state index in [0.29, 0.717) is 37.8 Å². The molecule has 4 aromatic rings. The Balaban J connectivity index is 0.997. The van der Waals surface area contributed by atoms with Gasteiger partial charge in [0.25, 0.3) is 0 Å². The second kappa shape index (κ2) is 19.1. The molecule has 0 spiro atoms. The summed E-state index contributed by atoms with van der Waals surface area (Å²) in [4.78, 5) is 29.6. The van der Waals surface area contributed by atoms with Crippen LogP contribution in [0.25, 0.3) is 10.8 Å². The number of fused-ring (bicyclic) bond motifs is 1. The Morgan fingerprint density at radius 2 is 1.76 bits per heavy atom. The van der Waals surface area contributed by atoms with Crippen molar-refractivity contribution in [3.8, 4) is 0 Å². The largest absolute Gasteiger partial charge is 0.461 e. The average Bonchev–Trinajstić information content (AvgIpc) is 3.42. The molecule has 1 amide bonds. The number of rotatable bonds is 17. The maximum absolute atomic E-state index is 13.1. The predicted molar refractivity (Wildman–Crippen MR) is 200 cm³/mol. The molecule has 3 aromatic carbocycles. The Hall–Kier alpha value is -4.67. The van der Waals surface area contributed by atoms with Crippen LogP contribution in [0.3, 0.4) is 0 Å². The molecule has 1 fully saturated rings. The number of nitrogens with zero attached hydrogens (tertiary/aromatic N) is 1. The first kappa shape index (κ1) is 37.6. The maximum atomic E-state index is 13.1. The predicted octanol–water partition coefficient (Wildman–Crippen LogP) is 5.98. The number of aromatic nitrogens is 1.